The molecule has 0 saturated carbocycles. The van der Waals surface area contributed by atoms with E-state index in [4.69, 9.17) is 4.42 Å². The van der Waals surface area contributed by atoms with Crippen LogP contribution in [0.4, 0.5) is 0 Å². The standard InChI is InChI=1S/C26H30N4O5/c31-23-12-11-20(19-7-2-1-3-8-19)13-15-28-24(32)17-29(16-6-14-27-23)25(33)18-30-21-9-4-5-10-22(21)35-26(30)34/h1-5,7-10,20H,6,11-18H2,(H,27,31)(H,28,32). The van der Waals surface area contributed by atoms with Crippen molar-refractivity contribution in [2.45, 2.75) is 38.1 Å². The summed E-state index contributed by atoms with van der Waals surface area (Å²) in [6.45, 7) is 0.769. The van der Waals surface area contributed by atoms with Crippen LogP contribution in [0.15, 0.2) is 63.8 Å². The van der Waals surface area contributed by atoms with Gasteiger partial charge < -0.3 is 20.0 Å². The van der Waals surface area contributed by atoms with E-state index in [0.717, 1.165) is 5.56 Å². The molecule has 3 aromatic rings. The fourth-order valence-corrected chi connectivity index (χ4v) is 4.40. The van der Waals surface area contributed by atoms with Crippen LogP contribution in [-0.2, 0) is 20.9 Å². The van der Waals surface area contributed by atoms with Crippen molar-refractivity contribution < 1.29 is 18.8 Å². The first kappa shape index (κ1) is 24.3. The number of oxazole rings is 1. The number of fused-ring (bicyclic) bond motifs is 1. The molecule has 2 N–H and O–H groups in total. The summed E-state index contributed by atoms with van der Waals surface area (Å²) in [6, 6.07) is 16.9. The lowest BCUT2D eigenvalue weighted by Crippen LogP contribution is -2.44. The monoisotopic (exact) mass is 478 g/mol. The van der Waals surface area contributed by atoms with Gasteiger partial charge >= 0.3 is 5.76 Å². The van der Waals surface area contributed by atoms with Gasteiger partial charge in [0, 0.05) is 26.1 Å². The minimum absolute atomic E-state index is 0.0266. The summed E-state index contributed by atoms with van der Waals surface area (Å²) < 4.78 is 6.48. The lowest BCUT2D eigenvalue weighted by Gasteiger charge is -2.24. The van der Waals surface area contributed by atoms with E-state index in [2.05, 4.69) is 10.6 Å². The summed E-state index contributed by atoms with van der Waals surface area (Å²) in [5.41, 5.74) is 2.06. The van der Waals surface area contributed by atoms with Gasteiger partial charge in [-0.25, -0.2) is 4.79 Å². The minimum atomic E-state index is -0.620. The second-order valence-electron chi connectivity index (χ2n) is 8.73. The van der Waals surface area contributed by atoms with E-state index in [9.17, 15) is 19.2 Å². The topological polar surface area (TPSA) is 114 Å². The number of aromatic nitrogens is 1. The zero-order chi connectivity index (χ0) is 24.6. The Bertz CT molecular complexity index is 1230. The average molecular weight is 479 g/mol. The van der Waals surface area contributed by atoms with Gasteiger partial charge in [-0.2, -0.15) is 0 Å². The van der Waals surface area contributed by atoms with E-state index in [1.165, 1.54) is 9.47 Å². The Morgan fingerprint density at radius 1 is 0.914 bits per heavy atom. The first-order valence-corrected chi connectivity index (χ1v) is 12.0. The zero-order valence-electron chi connectivity index (χ0n) is 19.6. The van der Waals surface area contributed by atoms with Crippen LogP contribution in [0.1, 0.15) is 37.2 Å². The SMILES string of the molecule is O=C1CCC(c2ccccc2)CCNC(=O)CN(C(=O)Cn2c(=O)oc3ccccc32)CCCN1. The normalized spacial score (nSPS) is 18.5. The Hall–Kier alpha value is -3.88. The molecule has 0 aliphatic carbocycles. The van der Waals surface area contributed by atoms with Gasteiger partial charge in [-0.3, -0.25) is 19.0 Å². The molecule has 1 atom stereocenters. The van der Waals surface area contributed by atoms with Crippen LogP contribution in [0, 0.1) is 0 Å². The Morgan fingerprint density at radius 2 is 1.66 bits per heavy atom. The van der Waals surface area contributed by atoms with Crippen molar-refractivity contribution in [3.05, 3.63) is 70.7 Å². The molecule has 1 aliphatic heterocycles. The van der Waals surface area contributed by atoms with E-state index in [1.807, 2.05) is 30.3 Å². The largest absolute Gasteiger partial charge is 0.420 e. The number of nitrogens with zero attached hydrogens (tertiary/aromatic N) is 2. The fourth-order valence-electron chi connectivity index (χ4n) is 4.40. The predicted molar refractivity (Wildman–Crippen MR) is 131 cm³/mol. The molecule has 1 unspecified atom stereocenters. The number of para-hydroxylation sites is 2. The fraction of sp³-hybridized carbons (Fsp3) is 0.385. The van der Waals surface area contributed by atoms with Gasteiger partial charge in [0.1, 0.15) is 6.54 Å². The number of carbonyl (C=O) groups excluding carboxylic acids is 3. The molecule has 1 saturated heterocycles. The summed E-state index contributed by atoms with van der Waals surface area (Å²) in [7, 11) is 0. The number of hydrogen-bond acceptors (Lipinski definition) is 5. The van der Waals surface area contributed by atoms with Gasteiger partial charge in [0.15, 0.2) is 5.58 Å². The van der Waals surface area contributed by atoms with E-state index >= 15 is 0 Å². The van der Waals surface area contributed by atoms with Crippen LogP contribution in [0.25, 0.3) is 11.1 Å². The highest BCUT2D eigenvalue weighted by Crippen LogP contribution is 2.24. The summed E-state index contributed by atoms with van der Waals surface area (Å²) in [5.74, 6) is -1.12. The van der Waals surface area contributed by atoms with E-state index in [1.54, 1.807) is 24.3 Å². The average Bonchev–Trinajstić information content (AvgIpc) is 3.18. The molecule has 0 radical (unpaired) electrons. The molecule has 1 aromatic heterocycles. The Balaban J connectivity index is 1.45. The molecule has 2 heterocycles. The van der Waals surface area contributed by atoms with Gasteiger partial charge in [0.2, 0.25) is 17.7 Å². The number of carbonyl (C=O) groups is 3. The van der Waals surface area contributed by atoms with Crippen molar-refractivity contribution in [2.75, 3.05) is 26.2 Å². The van der Waals surface area contributed by atoms with Crippen LogP contribution in [0.2, 0.25) is 0 Å². The molecule has 1 aliphatic rings. The van der Waals surface area contributed by atoms with Crippen molar-refractivity contribution in [2.24, 2.45) is 0 Å². The highest BCUT2D eigenvalue weighted by Gasteiger charge is 2.21. The maximum atomic E-state index is 13.1. The second kappa shape index (κ2) is 11.5. The molecule has 184 valence electrons. The van der Waals surface area contributed by atoms with Gasteiger partial charge in [-0.15, -0.1) is 0 Å². The molecule has 35 heavy (non-hydrogen) atoms. The van der Waals surface area contributed by atoms with Gasteiger partial charge in [0.25, 0.3) is 0 Å². The van der Waals surface area contributed by atoms with E-state index in [0.29, 0.717) is 49.9 Å². The third kappa shape index (κ3) is 6.38. The molecule has 0 bridgehead atoms. The first-order valence-electron chi connectivity index (χ1n) is 12.0. The quantitative estimate of drug-likeness (QED) is 0.598. The third-order valence-electron chi connectivity index (χ3n) is 6.29. The number of rotatable bonds is 3. The van der Waals surface area contributed by atoms with Crippen LogP contribution < -0.4 is 16.4 Å². The summed E-state index contributed by atoms with van der Waals surface area (Å²) in [5, 5.41) is 5.82. The number of hydrogen-bond donors (Lipinski definition) is 2. The Morgan fingerprint density at radius 3 is 2.49 bits per heavy atom. The van der Waals surface area contributed by atoms with Crippen LogP contribution in [0.5, 0.6) is 0 Å². The van der Waals surface area contributed by atoms with Crippen molar-refractivity contribution in [3.8, 4) is 0 Å². The zero-order valence-corrected chi connectivity index (χ0v) is 19.6. The van der Waals surface area contributed by atoms with Crippen LogP contribution in [-0.4, -0.2) is 53.4 Å². The van der Waals surface area contributed by atoms with Gasteiger partial charge in [0.05, 0.1) is 12.1 Å². The second-order valence-corrected chi connectivity index (χ2v) is 8.73. The molecule has 9 nitrogen and oxygen atoms in total. The number of benzene rings is 2. The number of amides is 3. The highest BCUT2D eigenvalue weighted by atomic mass is 16.4. The van der Waals surface area contributed by atoms with Crippen LogP contribution in [0.3, 0.4) is 0 Å². The maximum absolute atomic E-state index is 13.1. The first-order chi connectivity index (χ1) is 17.0. The maximum Gasteiger partial charge on any atom is 0.420 e. The van der Waals surface area contributed by atoms with Gasteiger partial charge in [-0.05, 0) is 42.9 Å². The molecule has 2 aromatic carbocycles. The molecular weight excluding hydrogens is 448 g/mol. The Kier molecular flexibility index (Phi) is 7.97. The van der Waals surface area contributed by atoms with Gasteiger partial charge in [-0.1, -0.05) is 42.5 Å². The lowest BCUT2D eigenvalue weighted by atomic mass is 9.91. The third-order valence-corrected chi connectivity index (χ3v) is 6.29. The minimum Gasteiger partial charge on any atom is -0.408 e. The predicted octanol–water partition coefficient (Wildman–Crippen LogP) is 2.01. The summed E-state index contributed by atoms with van der Waals surface area (Å²) in [4.78, 5) is 51.9. The molecule has 9 heteroatoms. The lowest BCUT2D eigenvalue weighted by molar-refractivity contribution is -0.136. The number of nitrogens with one attached hydrogen (secondary N) is 2. The smallest absolute Gasteiger partial charge is 0.408 e. The molecule has 0 spiro atoms. The molecule has 4 rings (SSSR count). The van der Waals surface area contributed by atoms with E-state index < -0.39 is 5.76 Å². The molecule has 3 amide bonds. The highest BCUT2D eigenvalue weighted by molar-refractivity contribution is 5.85. The molecule has 1 fully saturated rings. The van der Waals surface area contributed by atoms with Crippen molar-refractivity contribution in [1.29, 1.82) is 0 Å². The summed E-state index contributed by atoms with van der Waals surface area (Å²) in [6.07, 6.45) is 2.28. The van der Waals surface area contributed by atoms with Crippen molar-refractivity contribution in [3.63, 3.8) is 0 Å². The molecular formula is C26H30N4O5. The van der Waals surface area contributed by atoms with E-state index in [-0.39, 0.29) is 43.3 Å². The Labute approximate surface area is 203 Å². The van der Waals surface area contributed by atoms with Crippen molar-refractivity contribution >= 4 is 28.8 Å². The summed E-state index contributed by atoms with van der Waals surface area (Å²) >= 11 is 0. The van der Waals surface area contributed by atoms with Crippen molar-refractivity contribution in [1.82, 2.24) is 20.1 Å². The van der Waals surface area contributed by atoms with Crippen LogP contribution >= 0.6 is 0 Å².